The van der Waals surface area contributed by atoms with Crippen LogP contribution in [0.3, 0.4) is 0 Å². The summed E-state index contributed by atoms with van der Waals surface area (Å²) in [6, 6.07) is 9.37. The van der Waals surface area contributed by atoms with Crippen molar-refractivity contribution in [2.75, 3.05) is 6.54 Å². The van der Waals surface area contributed by atoms with E-state index in [1.54, 1.807) is 13.8 Å². The maximum Gasteiger partial charge on any atom is 0.351 e. The van der Waals surface area contributed by atoms with Crippen molar-refractivity contribution in [1.29, 1.82) is 0 Å². The van der Waals surface area contributed by atoms with E-state index in [4.69, 9.17) is 15.4 Å². The van der Waals surface area contributed by atoms with Crippen LogP contribution in [0.2, 0.25) is 0 Å². The molecule has 1 aromatic carbocycles. The summed E-state index contributed by atoms with van der Waals surface area (Å²) < 4.78 is 17.5. The zero-order chi connectivity index (χ0) is 19.7. The highest BCUT2D eigenvalue weighted by Crippen LogP contribution is 2.50. The van der Waals surface area contributed by atoms with Gasteiger partial charge in [-0.15, -0.1) is 0 Å². The third kappa shape index (κ3) is 7.25. The number of carboxylic acids is 1. The minimum atomic E-state index is -4.42. The van der Waals surface area contributed by atoms with Crippen molar-refractivity contribution in [3.8, 4) is 0 Å². The first-order valence-electron chi connectivity index (χ1n) is 8.44. The van der Waals surface area contributed by atoms with E-state index in [0.717, 1.165) is 5.56 Å². The number of amides is 1. The maximum absolute atomic E-state index is 12.6. The molecular formula is C17H29N2O6P. The lowest BCUT2D eigenvalue weighted by Crippen LogP contribution is -2.40. The van der Waals surface area contributed by atoms with E-state index in [2.05, 4.69) is 5.32 Å². The Morgan fingerprint density at radius 2 is 1.92 bits per heavy atom. The molecule has 8 nitrogen and oxygen atoms in total. The van der Waals surface area contributed by atoms with Gasteiger partial charge < -0.3 is 21.1 Å². The highest BCUT2D eigenvalue weighted by Gasteiger charge is 2.39. The van der Waals surface area contributed by atoms with Gasteiger partial charge in [0, 0.05) is 7.85 Å². The standard InChI is InChI=1S/C17H27N2O6P.H2/c1-12(2)16(26(23,24)25-14(10-11-18)17(21)22)19-15(20)9-8-13-6-4-3-5-7-13;/h3-7,12,14,16H,8-11,18H2,1-2H3,(H,19,20)(H,21,22)(H,23,24);1H. The van der Waals surface area contributed by atoms with Gasteiger partial charge in [0.1, 0.15) is 5.78 Å². The van der Waals surface area contributed by atoms with Crippen molar-refractivity contribution in [3.63, 3.8) is 0 Å². The Morgan fingerprint density at radius 3 is 2.42 bits per heavy atom. The van der Waals surface area contributed by atoms with Crippen LogP contribution in [0.1, 0.15) is 33.7 Å². The molecule has 1 aromatic rings. The third-order valence-electron chi connectivity index (χ3n) is 3.76. The number of benzene rings is 1. The Morgan fingerprint density at radius 1 is 1.31 bits per heavy atom. The van der Waals surface area contributed by atoms with E-state index in [-0.39, 0.29) is 20.8 Å². The second-order valence-corrected chi connectivity index (χ2v) is 8.21. The molecule has 0 aromatic heterocycles. The van der Waals surface area contributed by atoms with E-state index >= 15 is 0 Å². The molecule has 0 bridgehead atoms. The lowest BCUT2D eigenvalue weighted by Gasteiger charge is -2.28. The summed E-state index contributed by atoms with van der Waals surface area (Å²) in [5.41, 5.74) is 6.29. The third-order valence-corrected chi connectivity index (χ3v) is 5.74. The van der Waals surface area contributed by atoms with Crippen molar-refractivity contribution in [1.82, 2.24) is 5.32 Å². The number of nitrogens with two attached hydrogens (primary N) is 1. The Balaban J connectivity index is 0.00000676. The number of hydrogen-bond acceptors (Lipinski definition) is 5. The molecule has 0 fully saturated rings. The second kappa shape index (κ2) is 10.4. The largest absolute Gasteiger partial charge is 0.479 e. The molecule has 3 atom stereocenters. The molecule has 3 unspecified atom stereocenters. The monoisotopic (exact) mass is 388 g/mol. The number of aliphatic carboxylic acids is 1. The van der Waals surface area contributed by atoms with Crippen LogP contribution in [0.4, 0.5) is 0 Å². The van der Waals surface area contributed by atoms with Crippen LogP contribution in [0.5, 0.6) is 0 Å². The van der Waals surface area contributed by atoms with Crippen molar-refractivity contribution < 1.29 is 30.1 Å². The van der Waals surface area contributed by atoms with E-state index in [1.807, 2.05) is 30.3 Å². The molecule has 0 spiro atoms. The van der Waals surface area contributed by atoms with Gasteiger partial charge >= 0.3 is 13.6 Å². The summed E-state index contributed by atoms with van der Waals surface area (Å²) >= 11 is 0. The fraction of sp³-hybridized carbons (Fsp3) is 0.529. The Bertz CT molecular complexity index is 644. The van der Waals surface area contributed by atoms with Gasteiger partial charge in [0.2, 0.25) is 5.91 Å². The van der Waals surface area contributed by atoms with Gasteiger partial charge in [-0.05, 0) is 30.9 Å². The summed E-state index contributed by atoms with van der Waals surface area (Å²) in [6.45, 7) is 3.28. The topological polar surface area (TPSA) is 139 Å². The van der Waals surface area contributed by atoms with Crippen LogP contribution in [-0.2, 0) is 25.1 Å². The molecule has 1 amide bonds. The summed E-state index contributed by atoms with van der Waals surface area (Å²) in [5, 5.41) is 11.6. The summed E-state index contributed by atoms with van der Waals surface area (Å²) in [5.74, 6) is -3.41. The Labute approximate surface area is 154 Å². The molecule has 0 saturated heterocycles. The number of rotatable bonds is 11. The van der Waals surface area contributed by atoms with Gasteiger partial charge in [-0.3, -0.25) is 13.9 Å². The van der Waals surface area contributed by atoms with Gasteiger partial charge in [-0.1, -0.05) is 44.2 Å². The molecule has 9 heteroatoms. The van der Waals surface area contributed by atoms with Gasteiger partial charge in [0.15, 0.2) is 6.10 Å². The van der Waals surface area contributed by atoms with Crippen molar-refractivity contribution in [3.05, 3.63) is 35.9 Å². The first-order valence-corrected chi connectivity index (χ1v) is 10.1. The maximum atomic E-state index is 12.6. The van der Waals surface area contributed by atoms with Crippen molar-refractivity contribution >= 4 is 19.5 Å². The minimum absolute atomic E-state index is 0. The number of carbonyl (C=O) groups excluding carboxylic acids is 1. The zero-order valence-corrected chi connectivity index (χ0v) is 15.9. The highest BCUT2D eigenvalue weighted by molar-refractivity contribution is 7.53. The van der Waals surface area contributed by atoms with Crippen LogP contribution < -0.4 is 11.1 Å². The van der Waals surface area contributed by atoms with Crippen LogP contribution in [0.15, 0.2) is 30.3 Å². The molecule has 26 heavy (non-hydrogen) atoms. The van der Waals surface area contributed by atoms with Crippen molar-refractivity contribution in [2.24, 2.45) is 11.7 Å². The number of nitrogens with one attached hydrogen (secondary N) is 1. The smallest absolute Gasteiger partial charge is 0.351 e. The number of hydrogen-bond donors (Lipinski definition) is 4. The van der Waals surface area contributed by atoms with Gasteiger partial charge in [-0.25, -0.2) is 4.79 Å². The fourth-order valence-corrected chi connectivity index (χ4v) is 4.14. The average molecular weight is 388 g/mol. The predicted octanol–water partition coefficient (Wildman–Crippen LogP) is 1.97. The first kappa shape index (κ1) is 22.3. The van der Waals surface area contributed by atoms with Gasteiger partial charge in [0.25, 0.3) is 0 Å². The summed E-state index contributed by atoms with van der Waals surface area (Å²) in [4.78, 5) is 33.6. The lowest BCUT2D eigenvalue weighted by atomic mass is 10.1. The minimum Gasteiger partial charge on any atom is -0.479 e. The highest BCUT2D eigenvalue weighted by atomic mass is 31.2. The Hall–Kier alpha value is -1.73. The van der Waals surface area contributed by atoms with Crippen LogP contribution >= 0.6 is 7.60 Å². The molecule has 1 rings (SSSR count). The average Bonchev–Trinajstić information content (AvgIpc) is 2.57. The normalized spacial score (nSPS) is 15.9. The summed E-state index contributed by atoms with van der Waals surface area (Å²) in [6.07, 6.45) is -0.984. The van der Waals surface area contributed by atoms with E-state index < -0.39 is 37.3 Å². The number of carbonyl (C=O) groups is 2. The molecule has 0 aliphatic carbocycles. The SMILES string of the molecule is CC(C)C(NC(=O)CCc1ccccc1)P(=O)(O)OC(CCN)C(=O)O.[HH]. The molecular weight excluding hydrogens is 359 g/mol. The quantitative estimate of drug-likeness (QED) is 0.425. The molecule has 0 saturated carbocycles. The van der Waals surface area contributed by atoms with Crippen LogP contribution in [0.25, 0.3) is 0 Å². The fourth-order valence-electron chi connectivity index (χ4n) is 2.39. The molecule has 148 valence electrons. The van der Waals surface area contributed by atoms with Crippen molar-refractivity contribution in [2.45, 2.75) is 45.0 Å². The molecule has 0 heterocycles. The molecule has 0 radical (unpaired) electrons. The number of aryl methyl sites for hydroxylation is 1. The molecule has 5 N–H and O–H groups in total. The van der Waals surface area contributed by atoms with Gasteiger partial charge in [0.05, 0.1) is 0 Å². The van der Waals surface area contributed by atoms with Gasteiger partial charge in [-0.2, -0.15) is 0 Å². The first-order chi connectivity index (χ1) is 12.2. The molecule has 0 aliphatic rings. The van der Waals surface area contributed by atoms with Crippen LogP contribution in [-0.4, -0.2) is 40.3 Å². The zero-order valence-electron chi connectivity index (χ0n) is 15.0. The lowest BCUT2D eigenvalue weighted by molar-refractivity contribution is -0.145. The van der Waals surface area contributed by atoms with Crippen LogP contribution in [0, 0.1) is 5.92 Å². The second-order valence-electron chi connectivity index (χ2n) is 6.32. The van der Waals surface area contributed by atoms with E-state index in [1.165, 1.54) is 0 Å². The van der Waals surface area contributed by atoms with E-state index in [9.17, 15) is 19.0 Å². The number of carboxylic acid groups (broad SMARTS) is 1. The molecule has 0 aliphatic heterocycles. The van der Waals surface area contributed by atoms with E-state index in [0.29, 0.717) is 6.42 Å². The predicted molar refractivity (Wildman–Crippen MR) is 99.7 cm³/mol. The summed E-state index contributed by atoms with van der Waals surface area (Å²) in [7, 11) is -4.42. The Kier molecular flexibility index (Phi) is 8.95.